The van der Waals surface area contributed by atoms with Crippen molar-refractivity contribution in [1.82, 2.24) is 10.2 Å². The van der Waals surface area contributed by atoms with Crippen molar-refractivity contribution in [2.75, 3.05) is 45.9 Å². The highest BCUT2D eigenvalue weighted by atomic mass is 16.5. The van der Waals surface area contributed by atoms with Gasteiger partial charge in [-0.2, -0.15) is 0 Å². The van der Waals surface area contributed by atoms with Crippen molar-refractivity contribution < 1.29 is 9.84 Å². The number of allylic oxidation sites excluding steroid dienone is 3. The second kappa shape index (κ2) is 11.0. The lowest BCUT2D eigenvalue weighted by molar-refractivity contribution is 0.0151. The van der Waals surface area contributed by atoms with E-state index < -0.39 is 0 Å². The van der Waals surface area contributed by atoms with E-state index in [4.69, 9.17) is 4.74 Å². The number of β-amino-alcohol motifs (C(OH)–C–C–N with tert-alkyl or cyclic N) is 1. The van der Waals surface area contributed by atoms with E-state index in [0.717, 1.165) is 52.2 Å². The molecule has 122 valence electrons. The van der Waals surface area contributed by atoms with Crippen molar-refractivity contribution in [3.63, 3.8) is 0 Å². The maximum Gasteiger partial charge on any atom is 0.0791 e. The molecule has 1 heterocycles. The largest absolute Gasteiger partial charge is 0.390 e. The second-order valence-electron chi connectivity index (χ2n) is 6.10. The smallest absolute Gasteiger partial charge is 0.0791 e. The first-order valence-corrected chi connectivity index (χ1v) is 8.06. The molecule has 0 aliphatic carbocycles. The van der Waals surface area contributed by atoms with E-state index in [1.54, 1.807) is 0 Å². The molecule has 21 heavy (non-hydrogen) atoms. The van der Waals surface area contributed by atoms with E-state index in [0.29, 0.717) is 6.54 Å². The second-order valence-corrected chi connectivity index (χ2v) is 6.10. The van der Waals surface area contributed by atoms with Gasteiger partial charge in [0.15, 0.2) is 0 Å². The molecule has 4 nitrogen and oxygen atoms in total. The summed E-state index contributed by atoms with van der Waals surface area (Å²) >= 11 is 0. The Bertz CT molecular complexity index is 330. The van der Waals surface area contributed by atoms with E-state index >= 15 is 0 Å². The topological polar surface area (TPSA) is 44.7 Å². The van der Waals surface area contributed by atoms with Crippen molar-refractivity contribution in [3.05, 3.63) is 23.3 Å². The normalized spacial score (nSPS) is 18.6. The lowest BCUT2D eigenvalue weighted by atomic mass is 10.1. The third kappa shape index (κ3) is 9.80. The third-order valence-electron chi connectivity index (χ3n) is 3.64. The van der Waals surface area contributed by atoms with E-state index in [-0.39, 0.29) is 6.10 Å². The fourth-order valence-corrected chi connectivity index (χ4v) is 2.33. The third-order valence-corrected chi connectivity index (χ3v) is 3.64. The van der Waals surface area contributed by atoms with Crippen LogP contribution >= 0.6 is 0 Å². The van der Waals surface area contributed by atoms with Gasteiger partial charge >= 0.3 is 0 Å². The molecular weight excluding hydrogens is 264 g/mol. The molecule has 2 N–H and O–H groups in total. The quantitative estimate of drug-likeness (QED) is 0.504. The van der Waals surface area contributed by atoms with Gasteiger partial charge in [0.25, 0.3) is 0 Å². The van der Waals surface area contributed by atoms with Gasteiger partial charge in [-0.25, -0.2) is 0 Å². The molecule has 0 radical (unpaired) electrons. The highest BCUT2D eigenvalue weighted by Gasteiger charge is 2.14. The maximum atomic E-state index is 10.00. The maximum absolute atomic E-state index is 10.00. The minimum absolute atomic E-state index is 0.303. The first-order chi connectivity index (χ1) is 10.1. The van der Waals surface area contributed by atoms with Crippen LogP contribution < -0.4 is 5.32 Å². The predicted octanol–water partition coefficient (Wildman–Crippen LogP) is 1.96. The molecule has 0 aromatic rings. The summed E-state index contributed by atoms with van der Waals surface area (Å²) < 4.78 is 5.30. The van der Waals surface area contributed by atoms with Crippen LogP contribution in [0.2, 0.25) is 0 Å². The van der Waals surface area contributed by atoms with Gasteiger partial charge in [-0.05, 0) is 33.6 Å². The minimum Gasteiger partial charge on any atom is -0.390 e. The van der Waals surface area contributed by atoms with Crippen molar-refractivity contribution in [3.8, 4) is 0 Å². The molecule has 0 aromatic heterocycles. The number of aliphatic hydroxyl groups is 1. The summed E-state index contributed by atoms with van der Waals surface area (Å²) in [7, 11) is 0. The molecular formula is C17H32N2O2. The number of nitrogens with zero attached hydrogens (tertiary/aromatic N) is 1. The van der Waals surface area contributed by atoms with Gasteiger partial charge in [0.2, 0.25) is 0 Å². The molecule has 0 aromatic carbocycles. The molecule has 0 bridgehead atoms. The SMILES string of the molecule is CC(C)=CCCC(C)=CCNCC(O)CN1CCOCC1. The lowest BCUT2D eigenvalue weighted by Crippen LogP contribution is -2.43. The molecule has 0 spiro atoms. The summed E-state index contributed by atoms with van der Waals surface area (Å²) in [6, 6.07) is 0. The number of hydrogen-bond acceptors (Lipinski definition) is 4. The number of morpholine rings is 1. The standard InChI is InChI=1S/C17H32N2O2/c1-15(2)5-4-6-16(3)7-8-18-13-17(20)14-19-9-11-21-12-10-19/h5,7,17-18,20H,4,6,8-14H2,1-3H3. The lowest BCUT2D eigenvalue weighted by Gasteiger charge is -2.28. The zero-order chi connectivity index (χ0) is 15.5. The molecule has 1 rings (SSSR count). The Morgan fingerprint density at radius 2 is 1.95 bits per heavy atom. The van der Waals surface area contributed by atoms with Gasteiger partial charge in [0.1, 0.15) is 0 Å². The van der Waals surface area contributed by atoms with Crippen LogP contribution in [0.1, 0.15) is 33.6 Å². The zero-order valence-corrected chi connectivity index (χ0v) is 13.9. The van der Waals surface area contributed by atoms with Gasteiger partial charge in [-0.3, -0.25) is 4.90 Å². The molecule has 0 amide bonds. The molecule has 1 fully saturated rings. The minimum atomic E-state index is -0.303. The van der Waals surface area contributed by atoms with Crippen LogP contribution in [-0.2, 0) is 4.74 Å². The van der Waals surface area contributed by atoms with E-state index in [1.165, 1.54) is 11.1 Å². The number of nitrogens with one attached hydrogen (secondary N) is 1. The summed E-state index contributed by atoms with van der Waals surface area (Å²) in [4.78, 5) is 2.26. The molecule has 1 saturated heterocycles. The van der Waals surface area contributed by atoms with Crippen LogP contribution in [-0.4, -0.2) is 62.0 Å². The zero-order valence-electron chi connectivity index (χ0n) is 13.9. The Labute approximate surface area is 129 Å². The summed E-state index contributed by atoms with van der Waals surface area (Å²) in [5.74, 6) is 0. The Morgan fingerprint density at radius 3 is 2.62 bits per heavy atom. The van der Waals surface area contributed by atoms with E-state index in [9.17, 15) is 5.11 Å². The van der Waals surface area contributed by atoms with Crippen LogP contribution in [0.3, 0.4) is 0 Å². The monoisotopic (exact) mass is 296 g/mol. The van der Waals surface area contributed by atoms with Gasteiger partial charge < -0.3 is 15.2 Å². The number of rotatable bonds is 9. The van der Waals surface area contributed by atoms with Crippen LogP contribution in [0.5, 0.6) is 0 Å². The molecule has 1 atom stereocenters. The fourth-order valence-electron chi connectivity index (χ4n) is 2.33. The first-order valence-electron chi connectivity index (χ1n) is 8.06. The Balaban J connectivity index is 2.07. The molecule has 1 aliphatic rings. The van der Waals surface area contributed by atoms with Crippen molar-refractivity contribution in [2.24, 2.45) is 0 Å². The highest BCUT2D eigenvalue weighted by Crippen LogP contribution is 2.05. The molecule has 4 heteroatoms. The predicted molar refractivity (Wildman–Crippen MR) is 88.6 cm³/mol. The van der Waals surface area contributed by atoms with Crippen molar-refractivity contribution in [1.29, 1.82) is 0 Å². The average Bonchev–Trinajstić information content (AvgIpc) is 2.44. The molecule has 1 aliphatic heterocycles. The fraction of sp³-hybridized carbons (Fsp3) is 0.765. The van der Waals surface area contributed by atoms with E-state index in [2.05, 4.69) is 43.1 Å². The van der Waals surface area contributed by atoms with Gasteiger partial charge in [0.05, 0.1) is 19.3 Å². The summed E-state index contributed by atoms with van der Waals surface area (Å²) in [6.07, 6.45) is 6.42. The summed E-state index contributed by atoms with van der Waals surface area (Å²) in [5, 5.41) is 13.3. The van der Waals surface area contributed by atoms with Gasteiger partial charge in [-0.15, -0.1) is 0 Å². The molecule has 1 unspecified atom stereocenters. The average molecular weight is 296 g/mol. The number of aliphatic hydroxyl groups excluding tert-OH is 1. The number of ether oxygens (including phenoxy) is 1. The van der Waals surface area contributed by atoms with Crippen LogP contribution in [0.25, 0.3) is 0 Å². The Morgan fingerprint density at radius 1 is 1.24 bits per heavy atom. The van der Waals surface area contributed by atoms with Crippen LogP contribution in [0.15, 0.2) is 23.3 Å². The Kier molecular flexibility index (Phi) is 9.59. The van der Waals surface area contributed by atoms with E-state index in [1.807, 2.05) is 0 Å². The van der Waals surface area contributed by atoms with Gasteiger partial charge in [-0.1, -0.05) is 23.3 Å². The van der Waals surface area contributed by atoms with Crippen molar-refractivity contribution in [2.45, 2.75) is 39.7 Å². The summed E-state index contributed by atoms with van der Waals surface area (Å²) in [6.45, 7) is 12.1. The molecule has 0 saturated carbocycles. The summed E-state index contributed by atoms with van der Waals surface area (Å²) in [5.41, 5.74) is 2.79. The highest BCUT2D eigenvalue weighted by molar-refractivity contribution is 5.02. The van der Waals surface area contributed by atoms with Crippen molar-refractivity contribution >= 4 is 0 Å². The number of hydrogen-bond donors (Lipinski definition) is 2. The first kappa shape index (κ1) is 18.4. The van der Waals surface area contributed by atoms with Crippen LogP contribution in [0, 0.1) is 0 Å². The van der Waals surface area contributed by atoms with Gasteiger partial charge in [0, 0.05) is 32.7 Å². The Hall–Kier alpha value is -0.680. The van der Waals surface area contributed by atoms with Crippen LogP contribution in [0.4, 0.5) is 0 Å².